The van der Waals surface area contributed by atoms with Crippen LogP contribution < -0.4 is 0 Å². The summed E-state index contributed by atoms with van der Waals surface area (Å²) in [4.78, 5) is 0. The minimum atomic E-state index is 0.925. The lowest BCUT2D eigenvalue weighted by Gasteiger charge is -2.20. The quantitative estimate of drug-likeness (QED) is 0.563. The molecule has 4 aliphatic rings. The molecule has 0 bridgehead atoms. The standard InChI is InChI=1S/C13H18/c1-3-9(4-1)11-7-12(11)13-6-2-5-10(13)8-13/h1,3,9-12H,2,4-8H2. The molecule has 0 aliphatic heterocycles. The fraction of sp³-hybridized carbons (Fsp3) is 0.846. The summed E-state index contributed by atoms with van der Waals surface area (Å²) < 4.78 is 0. The predicted octanol–water partition coefficient (Wildman–Crippen LogP) is 3.39. The van der Waals surface area contributed by atoms with Gasteiger partial charge in [0.15, 0.2) is 0 Å². The van der Waals surface area contributed by atoms with Crippen LogP contribution in [0.5, 0.6) is 0 Å². The molecule has 0 aromatic carbocycles. The summed E-state index contributed by atoms with van der Waals surface area (Å²) in [6.45, 7) is 0. The summed E-state index contributed by atoms with van der Waals surface area (Å²) in [6.07, 6.45) is 14.1. The van der Waals surface area contributed by atoms with E-state index in [1.165, 1.54) is 18.3 Å². The molecule has 0 aromatic rings. The van der Waals surface area contributed by atoms with Crippen molar-refractivity contribution in [2.75, 3.05) is 0 Å². The zero-order chi connectivity index (χ0) is 8.47. The van der Waals surface area contributed by atoms with Crippen molar-refractivity contribution in [1.82, 2.24) is 0 Å². The maximum Gasteiger partial charge on any atom is -0.0168 e. The molecule has 5 atom stereocenters. The summed E-state index contributed by atoms with van der Waals surface area (Å²) in [5.41, 5.74) is 0.925. The van der Waals surface area contributed by atoms with Gasteiger partial charge >= 0.3 is 0 Å². The molecule has 5 unspecified atom stereocenters. The van der Waals surface area contributed by atoms with Gasteiger partial charge < -0.3 is 0 Å². The maximum atomic E-state index is 2.47. The second kappa shape index (κ2) is 2.04. The topological polar surface area (TPSA) is 0 Å². The molecule has 0 heteroatoms. The largest absolute Gasteiger partial charge is 0.0876 e. The molecular weight excluding hydrogens is 156 g/mol. The van der Waals surface area contributed by atoms with E-state index in [9.17, 15) is 0 Å². The van der Waals surface area contributed by atoms with Crippen molar-refractivity contribution >= 4 is 0 Å². The first-order valence-electron chi connectivity index (χ1n) is 6.07. The van der Waals surface area contributed by atoms with Gasteiger partial charge in [-0.05, 0) is 61.2 Å². The van der Waals surface area contributed by atoms with Crippen LogP contribution >= 0.6 is 0 Å². The van der Waals surface area contributed by atoms with Crippen molar-refractivity contribution in [1.29, 1.82) is 0 Å². The van der Waals surface area contributed by atoms with Crippen molar-refractivity contribution < 1.29 is 0 Å². The van der Waals surface area contributed by atoms with Crippen LogP contribution in [0.1, 0.15) is 38.5 Å². The molecule has 0 amide bonds. The highest BCUT2D eigenvalue weighted by Gasteiger charge is 2.67. The fourth-order valence-corrected chi connectivity index (χ4v) is 4.37. The molecule has 0 saturated heterocycles. The number of allylic oxidation sites excluding steroid dienone is 2. The molecule has 4 rings (SSSR count). The van der Waals surface area contributed by atoms with E-state index in [1.54, 1.807) is 32.1 Å². The normalized spacial score (nSPS) is 61.5. The molecule has 0 aromatic heterocycles. The first-order valence-corrected chi connectivity index (χ1v) is 6.07. The Morgan fingerprint density at radius 3 is 2.77 bits per heavy atom. The number of hydrogen-bond donors (Lipinski definition) is 0. The molecule has 0 spiro atoms. The first kappa shape index (κ1) is 7.09. The van der Waals surface area contributed by atoms with Gasteiger partial charge in [-0.1, -0.05) is 18.6 Å². The number of fused-ring (bicyclic) bond motifs is 1. The Kier molecular flexibility index (Phi) is 1.11. The summed E-state index contributed by atoms with van der Waals surface area (Å²) in [5.74, 6) is 4.51. The van der Waals surface area contributed by atoms with Crippen molar-refractivity contribution in [2.24, 2.45) is 29.1 Å². The molecule has 0 N–H and O–H groups in total. The molecule has 4 aliphatic carbocycles. The third-order valence-electron chi connectivity index (χ3n) is 5.39. The van der Waals surface area contributed by atoms with Gasteiger partial charge in [0, 0.05) is 0 Å². The third kappa shape index (κ3) is 0.782. The maximum absolute atomic E-state index is 2.47. The highest BCUT2D eigenvalue weighted by atomic mass is 14.7. The zero-order valence-corrected chi connectivity index (χ0v) is 8.21. The van der Waals surface area contributed by atoms with E-state index in [4.69, 9.17) is 0 Å². The van der Waals surface area contributed by atoms with E-state index in [1.807, 2.05) is 0 Å². The molecular formula is C13H18. The Hall–Kier alpha value is -0.260. The first-order chi connectivity index (χ1) is 6.40. The average Bonchev–Trinajstić information content (AvgIpc) is 2.91. The Bertz CT molecular complexity index is 278. The van der Waals surface area contributed by atoms with Crippen molar-refractivity contribution in [2.45, 2.75) is 38.5 Å². The molecule has 0 nitrogen and oxygen atoms in total. The molecule has 70 valence electrons. The van der Waals surface area contributed by atoms with E-state index < -0.39 is 0 Å². The van der Waals surface area contributed by atoms with Gasteiger partial charge in [-0.15, -0.1) is 0 Å². The second-order valence-corrected chi connectivity index (χ2v) is 5.86. The predicted molar refractivity (Wildman–Crippen MR) is 53.2 cm³/mol. The molecule has 0 radical (unpaired) electrons. The van der Waals surface area contributed by atoms with Crippen molar-refractivity contribution in [3.05, 3.63) is 12.2 Å². The third-order valence-corrected chi connectivity index (χ3v) is 5.39. The summed E-state index contributed by atoms with van der Waals surface area (Å²) >= 11 is 0. The van der Waals surface area contributed by atoms with Crippen LogP contribution in [0.2, 0.25) is 0 Å². The fourth-order valence-electron chi connectivity index (χ4n) is 4.37. The van der Waals surface area contributed by atoms with Crippen LogP contribution in [-0.4, -0.2) is 0 Å². The van der Waals surface area contributed by atoms with Gasteiger partial charge in [-0.25, -0.2) is 0 Å². The minimum absolute atomic E-state index is 0.925. The van der Waals surface area contributed by atoms with Crippen molar-refractivity contribution in [3.63, 3.8) is 0 Å². The van der Waals surface area contributed by atoms with Crippen LogP contribution in [0, 0.1) is 29.1 Å². The lowest BCUT2D eigenvalue weighted by atomic mass is 9.85. The highest BCUT2D eigenvalue weighted by Crippen LogP contribution is 2.75. The van der Waals surface area contributed by atoms with Gasteiger partial charge in [-0.3, -0.25) is 0 Å². The lowest BCUT2D eigenvalue weighted by molar-refractivity contribution is 0.360. The monoisotopic (exact) mass is 174 g/mol. The lowest BCUT2D eigenvalue weighted by Crippen LogP contribution is -2.11. The van der Waals surface area contributed by atoms with Crippen LogP contribution in [0.4, 0.5) is 0 Å². The van der Waals surface area contributed by atoms with Crippen LogP contribution in [-0.2, 0) is 0 Å². The van der Waals surface area contributed by atoms with E-state index in [0.29, 0.717) is 0 Å². The van der Waals surface area contributed by atoms with Crippen LogP contribution in [0.3, 0.4) is 0 Å². The number of rotatable bonds is 2. The minimum Gasteiger partial charge on any atom is -0.0876 e. The van der Waals surface area contributed by atoms with E-state index in [2.05, 4.69) is 12.2 Å². The van der Waals surface area contributed by atoms with Crippen LogP contribution in [0.25, 0.3) is 0 Å². The van der Waals surface area contributed by atoms with Gasteiger partial charge in [0.25, 0.3) is 0 Å². The highest BCUT2D eigenvalue weighted by molar-refractivity contribution is 5.20. The summed E-state index contributed by atoms with van der Waals surface area (Å²) in [6, 6.07) is 0. The van der Waals surface area contributed by atoms with Crippen LogP contribution in [0.15, 0.2) is 12.2 Å². The Morgan fingerprint density at radius 1 is 1.31 bits per heavy atom. The molecule has 3 saturated carbocycles. The van der Waals surface area contributed by atoms with Gasteiger partial charge in [0.2, 0.25) is 0 Å². The molecule has 3 fully saturated rings. The molecule has 13 heavy (non-hydrogen) atoms. The average molecular weight is 174 g/mol. The summed E-state index contributed by atoms with van der Waals surface area (Å²) in [7, 11) is 0. The Morgan fingerprint density at radius 2 is 2.23 bits per heavy atom. The zero-order valence-electron chi connectivity index (χ0n) is 8.21. The number of hydrogen-bond acceptors (Lipinski definition) is 0. The van der Waals surface area contributed by atoms with Gasteiger partial charge in [0.05, 0.1) is 0 Å². The molecule has 0 heterocycles. The van der Waals surface area contributed by atoms with E-state index in [-0.39, 0.29) is 0 Å². The Balaban J connectivity index is 1.50. The van der Waals surface area contributed by atoms with Gasteiger partial charge in [0.1, 0.15) is 0 Å². The van der Waals surface area contributed by atoms with Gasteiger partial charge in [-0.2, -0.15) is 0 Å². The smallest absolute Gasteiger partial charge is 0.0168 e. The Labute approximate surface area is 80.4 Å². The van der Waals surface area contributed by atoms with E-state index in [0.717, 1.165) is 17.3 Å². The second-order valence-electron chi connectivity index (χ2n) is 5.86. The van der Waals surface area contributed by atoms with Crippen molar-refractivity contribution in [3.8, 4) is 0 Å². The van der Waals surface area contributed by atoms with E-state index >= 15 is 0 Å². The summed E-state index contributed by atoms with van der Waals surface area (Å²) in [5, 5.41) is 0. The SMILES string of the molecule is C1=CC(C2CC2C23CCCC2C3)C1.